The molecule has 3 aromatic rings. The highest BCUT2D eigenvalue weighted by atomic mass is 32.2. The molecule has 10 nitrogen and oxygen atoms in total. The summed E-state index contributed by atoms with van der Waals surface area (Å²) in [4.78, 5) is 20.0. The van der Waals surface area contributed by atoms with Crippen LogP contribution in [0.3, 0.4) is 0 Å². The van der Waals surface area contributed by atoms with E-state index in [9.17, 15) is 22.7 Å². The van der Waals surface area contributed by atoms with Crippen LogP contribution in [0.5, 0.6) is 5.75 Å². The van der Waals surface area contributed by atoms with Gasteiger partial charge in [-0.2, -0.15) is 13.4 Å². The van der Waals surface area contributed by atoms with Crippen molar-refractivity contribution < 1.29 is 26.9 Å². The Morgan fingerprint density at radius 1 is 1.25 bits per heavy atom. The van der Waals surface area contributed by atoms with Crippen LogP contribution in [0, 0.1) is 5.82 Å². The summed E-state index contributed by atoms with van der Waals surface area (Å²) < 4.78 is 40.9. The number of aliphatic hydroxyl groups excluding tert-OH is 1. The third kappa shape index (κ3) is 6.12. The Morgan fingerprint density at radius 2 is 2.03 bits per heavy atom. The molecule has 0 aliphatic rings. The van der Waals surface area contributed by atoms with Crippen molar-refractivity contribution in [1.82, 2.24) is 9.97 Å². The van der Waals surface area contributed by atoms with E-state index >= 15 is 0 Å². The van der Waals surface area contributed by atoms with Gasteiger partial charge in [-0.1, -0.05) is 12.1 Å². The van der Waals surface area contributed by atoms with E-state index in [0.717, 1.165) is 6.26 Å². The standard InChI is InChI=1S/C20H20FN5O5S/c1-32(29,30)31-17-6-5-15(8-13(17)11-27)25-20-24-10-16(18(22)28)19(26-20)23-9-12-3-2-4-14(21)7-12/h2-8,10,27H,9,11H2,1H3,(H2,22,28)(H2,23,24,25,26). The van der Waals surface area contributed by atoms with Crippen molar-refractivity contribution in [3.63, 3.8) is 0 Å². The molecule has 12 heteroatoms. The van der Waals surface area contributed by atoms with Gasteiger partial charge in [0.25, 0.3) is 5.91 Å². The molecule has 2 aromatic carbocycles. The van der Waals surface area contributed by atoms with Crippen molar-refractivity contribution in [2.75, 3.05) is 16.9 Å². The van der Waals surface area contributed by atoms with Gasteiger partial charge in [0.05, 0.1) is 18.4 Å². The maximum atomic E-state index is 13.4. The fourth-order valence-corrected chi connectivity index (χ4v) is 3.23. The highest BCUT2D eigenvalue weighted by Crippen LogP contribution is 2.26. The van der Waals surface area contributed by atoms with Crippen LogP contribution in [0.4, 0.5) is 21.8 Å². The first-order valence-electron chi connectivity index (χ1n) is 9.20. The first-order chi connectivity index (χ1) is 15.1. The van der Waals surface area contributed by atoms with Crippen molar-refractivity contribution in [1.29, 1.82) is 0 Å². The van der Waals surface area contributed by atoms with Gasteiger partial charge in [0.2, 0.25) is 5.95 Å². The van der Waals surface area contributed by atoms with Gasteiger partial charge in [-0.15, -0.1) is 0 Å². The number of rotatable bonds is 9. The first-order valence-corrected chi connectivity index (χ1v) is 11.0. The second kappa shape index (κ2) is 9.58. The van der Waals surface area contributed by atoms with Gasteiger partial charge in [-0.3, -0.25) is 4.79 Å². The third-order valence-corrected chi connectivity index (χ3v) is 4.61. The number of aliphatic hydroxyl groups is 1. The zero-order chi connectivity index (χ0) is 23.3. The Morgan fingerprint density at radius 3 is 2.69 bits per heavy atom. The fourth-order valence-electron chi connectivity index (χ4n) is 2.74. The molecule has 0 aliphatic heterocycles. The van der Waals surface area contributed by atoms with Crippen molar-refractivity contribution in [2.45, 2.75) is 13.2 Å². The molecule has 0 spiro atoms. The molecule has 0 atom stereocenters. The van der Waals surface area contributed by atoms with Crippen LogP contribution in [-0.4, -0.2) is 35.7 Å². The van der Waals surface area contributed by atoms with Crippen LogP contribution in [0.25, 0.3) is 0 Å². The summed E-state index contributed by atoms with van der Waals surface area (Å²) in [6.07, 6.45) is 2.13. The van der Waals surface area contributed by atoms with Crippen LogP contribution >= 0.6 is 0 Å². The molecular weight excluding hydrogens is 441 g/mol. The zero-order valence-corrected chi connectivity index (χ0v) is 17.7. The highest BCUT2D eigenvalue weighted by Gasteiger charge is 2.14. The van der Waals surface area contributed by atoms with E-state index in [1.54, 1.807) is 12.1 Å². The summed E-state index contributed by atoms with van der Waals surface area (Å²) in [6.45, 7) is -0.289. The maximum Gasteiger partial charge on any atom is 0.306 e. The molecule has 0 unspecified atom stereocenters. The topological polar surface area (TPSA) is 157 Å². The molecule has 0 saturated heterocycles. The molecule has 1 aromatic heterocycles. The summed E-state index contributed by atoms with van der Waals surface area (Å²) >= 11 is 0. The Balaban J connectivity index is 1.84. The van der Waals surface area contributed by atoms with Gasteiger partial charge in [0, 0.05) is 24.0 Å². The second-order valence-electron chi connectivity index (χ2n) is 6.70. The minimum absolute atomic E-state index is 0.0111. The average Bonchev–Trinajstić information content (AvgIpc) is 2.72. The van der Waals surface area contributed by atoms with E-state index in [-0.39, 0.29) is 35.2 Å². The van der Waals surface area contributed by atoms with Gasteiger partial charge in [-0.25, -0.2) is 9.37 Å². The van der Waals surface area contributed by atoms with Gasteiger partial charge < -0.3 is 25.7 Å². The number of amides is 1. The molecule has 1 heterocycles. The molecule has 1 amide bonds. The second-order valence-corrected chi connectivity index (χ2v) is 8.27. The predicted octanol–water partition coefficient (Wildman–Crippen LogP) is 1.90. The van der Waals surface area contributed by atoms with Crippen molar-refractivity contribution in [2.24, 2.45) is 5.73 Å². The van der Waals surface area contributed by atoms with E-state index in [1.807, 2.05) is 0 Å². The van der Waals surface area contributed by atoms with E-state index in [2.05, 4.69) is 20.6 Å². The molecule has 0 saturated carbocycles. The Hall–Kier alpha value is -3.77. The summed E-state index contributed by atoms with van der Waals surface area (Å²) in [5, 5.41) is 15.4. The molecule has 0 radical (unpaired) electrons. The number of primary amides is 1. The third-order valence-electron chi connectivity index (χ3n) is 4.13. The van der Waals surface area contributed by atoms with Crippen LogP contribution in [0.1, 0.15) is 21.5 Å². The lowest BCUT2D eigenvalue weighted by atomic mass is 10.2. The summed E-state index contributed by atoms with van der Waals surface area (Å²) in [6, 6.07) is 10.3. The summed E-state index contributed by atoms with van der Waals surface area (Å²) in [7, 11) is -3.76. The normalized spacial score (nSPS) is 11.1. The largest absolute Gasteiger partial charge is 0.392 e. The number of carbonyl (C=O) groups is 1. The molecule has 0 fully saturated rings. The number of carbonyl (C=O) groups excluding carboxylic acids is 1. The molecule has 5 N–H and O–H groups in total. The molecule has 0 aliphatic carbocycles. The van der Waals surface area contributed by atoms with Gasteiger partial charge in [0.15, 0.2) is 0 Å². The van der Waals surface area contributed by atoms with Gasteiger partial charge in [-0.05, 0) is 35.9 Å². The van der Waals surface area contributed by atoms with Crippen LogP contribution in [-0.2, 0) is 23.3 Å². The smallest absolute Gasteiger partial charge is 0.306 e. The highest BCUT2D eigenvalue weighted by molar-refractivity contribution is 7.86. The average molecular weight is 461 g/mol. The number of nitrogens with two attached hydrogens (primary N) is 1. The lowest BCUT2D eigenvalue weighted by Gasteiger charge is -2.13. The SMILES string of the molecule is CS(=O)(=O)Oc1ccc(Nc2ncc(C(N)=O)c(NCc3cccc(F)c3)n2)cc1CO. The fraction of sp³-hybridized carbons (Fsp3) is 0.150. The molecule has 3 rings (SSSR count). The number of hydrogen-bond donors (Lipinski definition) is 4. The van der Waals surface area contributed by atoms with Crippen molar-refractivity contribution in [3.05, 3.63) is 71.2 Å². The number of halogens is 1. The minimum atomic E-state index is -3.76. The maximum absolute atomic E-state index is 13.4. The van der Waals surface area contributed by atoms with E-state index in [1.165, 1.54) is 36.5 Å². The van der Waals surface area contributed by atoms with Gasteiger partial charge >= 0.3 is 10.1 Å². The number of aromatic nitrogens is 2. The Kier molecular flexibility index (Phi) is 6.85. The number of nitrogens with zero attached hydrogens (tertiary/aromatic N) is 2. The summed E-state index contributed by atoms with van der Waals surface area (Å²) in [5.74, 6) is -0.922. The van der Waals surface area contributed by atoms with Crippen LogP contribution in [0.2, 0.25) is 0 Å². The van der Waals surface area contributed by atoms with E-state index in [4.69, 9.17) is 9.92 Å². The van der Waals surface area contributed by atoms with Crippen molar-refractivity contribution in [3.8, 4) is 5.75 Å². The van der Waals surface area contributed by atoms with E-state index in [0.29, 0.717) is 11.3 Å². The zero-order valence-electron chi connectivity index (χ0n) is 16.9. The summed E-state index contributed by atoms with van der Waals surface area (Å²) in [5.41, 5.74) is 6.70. The monoisotopic (exact) mass is 461 g/mol. The van der Waals surface area contributed by atoms with Crippen molar-refractivity contribution >= 4 is 33.5 Å². The predicted molar refractivity (Wildman–Crippen MR) is 115 cm³/mol. The quantitative estimate of drug-likeness (QED) is 0.349. The first kappa shape index (κ1) is 22.9. The Bertz CT molecular complexity index is 1250. The molecule has 0 bridgehead atoms. The Labute approximate surface area is 183 Å². The molecule has 168 valence electrons. The van der Waals surface area contributed by atoms with Gasteiger partial charge in [0.1, 0.15) is 17.4 Å². The van der Waals surface area contributed by atoms with E-state index < -0.39 is 28.4 Å². The molecular formula is C20H20FN5O5S. The lowest BCUT2D eigenvalue weighted by molar-refractivity contribution is 0.100. The van der Waals surface area contributed by atoms with Crippen LogP contribution in [0.15, 0.2) is 48.7 Å². The number of nitrogens with one attached hydrogen (secondary N) is 2. The number of benzene rings is 2. The lowest BCUT2D eigenvalue weighted by Crippen LogP contribution is -2.17. The van der Waals surface area contributed by atoms with Crippen LogP contribution < -0.4 is 20.6 Å². The number of anilines is 3. The minimum Gasteiger partial charge on any atom is -0.392 e. The molecule has 32 heavy (non-hydrogen) atoms. The number of hydrogen-bond acceptors (Lipinski definition) is 9.